The van der Waals surface area contributed by atoms with Crippen molar-refractivity contribution in [3.63, 3.8) is 0 Å². The number of hydrogen-bond acceptors (Lipinski definition) is 3. The molecule has 0 bridgehead atoms. The quantitative estimate of drug-likeness (QED) is 0.902. The van der Waals surface area contributed by atoms with E-state index in [0.29, 0.717) is 6.54 Å². The number of anilines is 1. The molecule has 1 aromatic heterocycles. The molecule has 4 nitrogen and oxygen atoms in total. The van der Waals surface area contributed by atoms with E-state index in [9.17, 15) is 4.79 Å². The van der Waals surface area contributed by atoms with Crippen molar-refractivity contribution in [2.45, 2.75) is 13.8 Å². The molecule has 15 heavy (non-hydrogen) atoms. The zero-order valence-corrected chi connectivity index (χ0v) is 10.4. The molecule has 82 valence electrons. The van der Waals surface area contributed by atoms with Crippen LogP contribution in [-0.2, 0) is 4.79 Å². The van der Waals surface area contributed by atoms with Crippen LogP contribution in [0.1, 0.15) is 12.6 Å². The van der Waals surface area contributed by atoms with Gasteiger partial charge in [-0.25, -0.2) is 4.98 Å². The van der Waals surface area contributed by atoms with Crippen LogP contribution in [0.25, 0.3) is 0 Å². The maximum absolute atomic E-state index is 10.8. The minimum Gasteiger partial charge on any atom is -0.368 e. The van der Waals surface area contributed by atoms with Crippen LogP contribution >= 0.6 is 15.9 Å². The summed E-state index contributed by atoms with van der Waals surface area (Å²) in [6.07, 6.45) is 0. The number of carbonyl (C=O) groups is 1. The summed E-state index contributed by atoms with van der Waals surface area (Å²) in [4.78, 5) is 17.0. The van der Waals surface area contributed by atoms with Crippen molar-refractivity contribution in [1.29, 1.82) is 0 Å². The third-order valence-electron chi connectivity index (χ3n) is 2.06. The first-order valence-corrected chi connectivity index (χ1v) is 5.50. The second-order valence-corrected chi connectivity index (χ2v) is 4.07. The summed E-state index contributed by atoms with van der Waals surface area (Å²) in [5.41, 5.74) is 6.06. The van der Waals surface area contributed by atoms with Gasteiger partial charge in [-0.1, -0.05) is 0 Å². The first kappa shape index (κ1) is 12.0. The van der Waals surface area contributed by atoms with Gasteiger partial charge in [0.15, 0.2) is 0 Å². The predicted octanol–water partition coefficient (Wildman–Crippen LogP) is 1.46. The number of nitrogens with zero attached hydrogens (tertiary/aromatic N) is 2. The van der Waals surface area contributed by atoms with Gasteiger partial charge in [0.2, 0.25) is 5.91 Å². The Balaban J connectivity index is 2.92. The van der Waals surface area contributed by atoms with Gasteiger partial charge in [0, 0.05) is 11.0 Å². The van der Waals surface area contributed by atoms with Crippen molar-refractivity contribution in [2.75, 3.05) is 18.0 Å². The summed E-state index contributed by atoms with van der Waals surface area (Å²) in [6.45, 7) is 4.77. The van der Waals surface area contributed by atoms with Crippen molar-refractivity contribution < 1.29 is 4.79 Å². The third-order valence-corrected chi connectivity index (χ3v) is 2.90. The van der Waals surface area contributed by atoms with Crippen molar-refractivity contribution in [1.82, 2.24) is 4.98 Å². The molecule has 0 saturated heterocycles. The van der Waals surface area contributed by atoms with E-state index in [1.54, 1.807) is 0 Å². The van der Waals surface area contributed by atoms with E-state index in [-0.39, 0.29) is 12.5 Å². The van der Waals surface area contributed by atoms with E-state index in [4.69, 9.17) is 5.73 Å². The molecule has 0 aliphatic carbocycles. The van der Waals surface area contributed by atoms with E-state index in [2.05, 4.69) is 20.9 Å². The van der Waals surface area contributed by atoms with Crippen LogP contribution in [0.3, 0.4) is 0 Å². The lowest BCUT2D eigenvalue weighted by atomic mass is 10.3. The SMILES string of the molecule is CCN(CC(N)=O)c1ccc(Br)c(C)n1. The normalized spacial score (nSPS) is 10.1. The highest BCUT2D eigenvalue weighted by Crippen LogP contribution is 2.18. The summed E-state index contributed by atoms with van der Waals surface area (Å²) in [5.74, 6) is 0.427. The number of aryl methyl sites for hydroxylation is 1. The predicted molar refractivity (Wildman–Crippen MR) is 63.8 cm³/mol. The number of carbonyl (C=O) groups excluding carboxylic acids is 1. The highest BCUT2D eigenvalue weighted by Gasteiger charge is 2.09. The summed E-state index contributed by atoms with van der Waals surface area (Å²) in [5, 5.41) is 0. The average molecular weight is 272 g/mol. The van der Waals surface area contributed by atoms with Crippen molar-refractivity contribution in [3.8, 4) is 0 Å². The molecule has 1 heterocycles. The summed E-state index contributed by atoms with van der Waals surface area (Å²) in [6, 6.07) is 3.78. The molecule has 0 unspecified atom stereocenters. The monoisotopic (exact) mass is 271 g/mol. The van der Waals surface area contributed by atoms with Crippen LogP contribution in [0.2, 0.25) is 0 Å². The fourth-order valence-electron chi connectivity index (χ4n) is 1.25. The van der Waals surface area contributed by atoms with Crippen LogP contribution in [0.4, 0.5) is 5.82 Å². The van der Waals surface area contributed by atoms with Crippen LogP contribution < -0.4 is 10.6 Å². The third kappa shape index (κ3) is 3.20. The van der Waals surface area contributed by atoms with Crippen LogP contribution in [0.15, 0.2) is 16.6 Å². The Morgan fingerprint density at radius 2 is 2.27 bits per heavy atom. The maximum atomic E-state index is 10.8. The number of primary amides is 1. The van der Waals surface area contributed by atoms with Crippen LogP contribution in [0.5, 0.6) is 0 Å². The Morgan fingerprint density at radius 1 is 1.60 bits per heavy atom. The van der Waals surface area contributed by atoms with E-state index in [1.807, 2.05) is 30.9 Å². The first-order chi connectivity index (χ1) is 7.04. The Bertz CT molecular complexity index is 368. The first-order valence-electron chi connectivity index (χ1n) is 4.71. The molecule has 1 amide bonds. The van der Waals surface area contributed by atoms with Gasteiger partial charge in [-0.15, -0.1) is 0 Å². The second kappa shape index (κ2) is 5.11. The zero-order valence-electron chi connectivity index (χ0n) is 8.83. The Kier molecular flexibility index (Phi) is 4.08. The van der Waals surface area contributed by atoms with Crippen LogP contribution in [-0.4, -0.2) is 24.0 Å². The lowest BCUT2D eigenvalue weighted by Crippen LogP contribution is -2.34. The number of nitrogens with two attached hydrogens (primary N) is 1. The molecule has 0 atom stereocenters. The van der Waals surface area contributed by atoms with Gasteiger partial charge in [0.05, 0.1) is 12.2 Å². The number of halogens is 1. The molecule has 5 heteroatoms. The van der Waals surface area contributed by atoms with Gasteiger partial charge in [-0.05, 0) is 41.9 Å². The van der Waals surface area contributed by atoms with Gasteiger partial charge in [-0.2, -0.15) is 0 Å². The molecular formula is C10H14BrN3O. The van der Waals surface area contributed by atoms with E-state index < -0.39 is 0 Å². The molecule has 0 saturated carbocycles. The molecule has 1 rings (SSSR count). The number of hydrogen-bond donors (Lipinski definition) is 1. The number of aromatic nitrogens is 1. The molecular weight excluding hydrogens is 258 g/mol. The summed E-state index contributed by atoms with van der Waals surface area (Å²) >= 11 is 3.38. The number of amides is 1. The fraction of sp³-hybridized carbons (Fsp3) is 0.400. The second-order valence-electron chi connectivity index (χ2n) is 3.22. The highest BCUT2D eigenvalue weighted by atomic mass is 79.9. The Labute approximate surface area is 97.6 Å². The number of rotatable bonds is 4. The van der Waals surface area contributed by atoms with Gasteiger partial charge < -0.3 is 10.6 Å². The molecule has 0 fully saturated rings. The lowest BCUT2D eigenvalue weighted by Gasteiger charge is -2.20. The molecule has 0 aliphatic heterocycles. The zero-order chi connectivity index (χ0) is 11.4. The van der Waals surface area contributed by atoms with Crippen LogP contribution in [0, 0.1) is 6.92 Å². The summed E-state index contributed by atoms with van der Waals surface area (Å²) in [7, 11) is 0. The minimum atomic E-state index is -0.348. The van der Waals surface area contributed by atoms with E-state index in [0.717, 1.165) is 16.0 Å². The molecule has 2 N–H and O–H groups in total. The largest absolute Gasteiger partial charge is 0.368 e. The van der Waals surface area contributed by atoms with Gasteiger partial charge in [0.25, 0.3) is 0 Å². The summed E-state index contributed by atoms with van der Waals surface area (Å²) < 4.78 is 0.960. The van der Waals surface area contributed by atoms with Crippen molar-refractivity contribution in [2.24, 2.45) is 5.73 Å². The molecule has 0 aromatic carbocycles. The Hall–Kier alpha value is -1.10. The standard InChI is InChI=1S/C10H14BrN3O/c1-3-14(6-9(12)15)10-5-4-8(11)7(2)13-10/h4-5H,3,6H2,1-2H3,(H2,12,15). The molecule has 0 spiro atoms. The molecule has 0 aliphatic rings. The topological polar surface area (TPSA) is 59.2 Å². The van der Waals surface area contributed by atoms with Gasteiger partial charge >= 0.3 is 0 Å². The molecule has 1 aromatic rings. The highest BCUT2D eigenvalue weighted by molar-refractivity contribution is 9.10. The fourth-order valence-corrected chi connectivity index (χ4v) is 1.47. The minimum absolute atomic E-state index is 0.199. The van der Waals surface area contributed by atoms with Crippen molar-refractivity contribution in [3.05, 3.63) is 22.3 Å². The van der Waals surface area contributed by atoms with Crippen molar-refractivity contribution >= 4 is 27.7 Å². The number of pyridine rings is 1. The maximum Gasteiger partial charge on any atom is 0.236 e. The molecule has 0 radical (unpaired) electrons. The smallest absolute Gasteiger partial charge is 0.236 e. The van der Waals surface area contributed by atoms with Gasteiger partial charge in [0.1, 0.15) is 5.82 Å². The van der Waals surface area contributed by atoms with E-state index >= 15 is 0 Å². The lowest BCUT2D eigenvalue weighted by molar-refractivity contribution is -0.116. The van der Waals surface area contributed by atoms with Gasteiger partial charge in [-0.3, -0.25) is 4.79 Å². The van der Waals surface area contributed by atoms with E-state index in [1.165, 1.54) is 0 Å². The average Bonchev–Trinajstić information content (AvgIpc) is 2.18. The Morgan fingerprint density at radius 3 is 2.73 bits per heavy atom. The number of likely N-dealkylation sites (N-methyl/N-ethyl adjacent to an activating group) is 1.